The fourth-order valence-corrected chi connectivity index (χ4v) is 5.00. The molecular weight excluding hydrogens is 432 g/mol. The zero-order valence-electron chi connectivity index (χ0n) is 17.6. The van der Waals surface area contributed by atoms with Gasteiger partial charge in [0.2, 0.25) is 0 Å². The van der Waals surface area contributed by atoms with Crippen LogP contribution in [-0.2, 0) is 22.6 Å². The minimum Gasteiger partial charge on any atom is -0.318 e. The quantitative estimate of drug-likeness (QED) is 0.580. The van der Waals surface area contributed by atoms with Crippen molar-refractivity contribution in [2.45, 2.75) is 25.6 Å². The number of fused-ring (bicyclic) bond motifs is 3. The summed E-state index contributed by atoms with van der Waals surface area (Å²) in [5.41, 5.74) is 5.48. The monoisotopic (exact) mass is 454 g/mol. The predicted molar refractivity (Wildman–Crippen MR) is 126 cm³/mol. The van der Waals surface area contributed by atoms with Gasteiger partial charge in [0.15, 0.2) is 9.84 Å². The number of rotatable bonds is 4. The average Bonchev–Trinajstić information content (AvgIpc) is 2.84. The first-order valence-electron chi connectivity index (χ1n) is 10.1. The highest BCUT2D eigenvalue weighted by Crippen LogP contribution is 2.38. The van der Waals surface area contributed by atoms with Crippen LogP contribution < -0.4 is 5.56 Å². The van der Waals surface area contributed by atoms with Crippen LogP contribution in [0, 0.1) is 0 Å². The van der Waals surface area contributed by atoms with Crippen molar-refractivity contribution in [3.63, 3.8) is 0 Å². The molecule has 0 spiro atoms. The molecule has 0 N–H and O–H groups in total. The third kappa shape index (κ3) is 4.10. The molecule has 31 heavy (non-hydrogen) atoms. The number of sulfone groups is 1. The lowest BCUT2D eigenvalue weighted by molar-refractivity contribution is 0.596. The molecule has 7 heteroatoms. The van der Waals surface area contributed by atoms with Gasteiger partial charge in [0.25, 0.3) is 5.56 Å². The van der Waals surface area contributed by atoms with E-state index in [1.807, 2.05) is 49.4 Å². The van der Waals surface area contributed by atoms with Crippen LogP contribution in [0.2, 0.25) is 5.02 Å². The third-order valence-corrected chi connectivity index (χ3v) is 7.60. The topological polar surface area (TPSA) is 68.5 Å². The number of hydrogen-bond donors (Lipinski definition) is 0. The number of nitrogens with zero attached hydrogens (tertiary/aromatic N) is 2. The van der Waals surface area contributed by atoms with Crippen molar-refractivity contribution >= 4 is 27.1 Å². The van der Waals surface area contributed by atoms with E-state index in [2.05, 4.69) is 0 Å². The fourth-order valence-electron chi connectivity index (χ4n) is 3.88. The second-order valence-electron chi connectivity index (χ2n) is 7.78. The summed E-state index contributed by atoms with van der Waals surface area (Å²) >= 11 is 6.51. The Balaban J connectivity index is 2.03. The van der Waals surface area contributed by atoms with Crippen molar-refractivity contribution in [2.75, 3.05) is 5.75 Å². The SMILES string of the molecule is CCS(=O)(=O)Cc1ccc2c(c1)-c1cn(C)c(=O)cc1[C@H](C)N=C2c1ccccc1Cl. The predicted octanol–water partition coefficient (Wildman–Crippen LogP) is 4.55. The Bertz CT molecular complexity index is 1370. The number of halogens is 1. The van der Waals surface area contributed by atoms with Gasteiger partial charge in [0.05, 0.1) is 17.5 Å². The van der Waals surface area contributed by atoms with Crippen molar-refractivity contribution in [1.29, 1.82) is 0 Å². The zero-order valence-corrected chi connectivity index (χ0v) is 19.2. The minimum absolute atomic E-state index is 0.0357. The van der Waals surface area contributed by atoms with Crippen LogP contribution in [0.1, 0.15) is 42.1 Å². The number of aryl methyl sites for hydroxylation is 1. The van der Waals surface area contributed by atoms with Gasteiger partial charge in [-0.2, -0.15) is 0 Å². The van der Waals surface area contributed by atoms with E-state index in [4.69, 9.17) is 16.6 Å². The van der Waals surface area contributed by atoms with Crippen molar-refractivity contribution in [1.82, 2.24) is 4.57 Å². The second-order valence-corrected chi connectivity index (χ2v) is 10.5. The van der Waals surface area contributed by atoms with Crippen LogP contribution >= 0.6 is 11.6 Å². The maximum absolute atomic E-state index is 12.4. The van der Waals surface area contributed by atoms with E-state index < -0.39 is 9.84 Å². The summed E-state index contributed by atoms with van der Waals surface area (Å²) in [6.07, 6.45) is 1.80. The maximum Gasteiger partial charge on any atom is 0.250 e. The zero-order chi connectivity index (χ0) is 22.3. The van der Waals surface area contributed by atoms with Gasteiger partial charge in [0, 0.05) is 46.8 Å². The smallest absolute Gasteiger partial charge is 0.250 e. The Labute approximate surface area is 187 Å². The summed E-state index contributed by atoms with van der Waals surface area (Å²) in [5.74, 6) is 0.0462. The van der Waals surface area contributed by atoms with E-state index in [1.54, 1.807) is 26.2 Å². The third-order valence-electron chi connectivity index (χ3n) is 5.62. The van der Waals surface area contributed by atoms with Gasteiger partial charge >= 0.3 is 0 Å². The lowest BCUT2D eigenvalue weighted by Crippen LogP contribution is -2.17. The van der Waals surface area contributed by atoms with Crippen molar-refractivity contribution < 1.29 is 8.42 Å². The molecule has 1 aromatic heterocycles. The minimum atomic E-state index is -3.19. The number of benzene rings is 2. The lowest BCUT2D eigenvalue weighted by Gasteiger charge is -2.15. The molecule has 1 aliphatic heterocycles. The van der Waals surface area contributed by atoms with E-state index in [0.717, 1.165) is 33.5 Å². The second kappa shape index (κ2) is 8.09. The van der Waals surface area contributed by atoms with Gasteiger partial charge in [-0.3, -0.25) is 9.79 Å². The van der Waals surface area contributed by atoms with Crippen LogP contribution in [-0.4, -0.2) is 24.4 Å². The highest BCUT2D eigenvalue weighted by atomic mass is 35.5. The molecule has 4 rings (SSSR count). The Kier molecular flexibility index (Phi) is 5.62. The molecule has 0 unspecified atom stereocenters. The highest BCUT2D eigenvalue weighted by molar-refractivity contribution is 7.90. The molecule has 0 saturated carbocycles. The highest BCUT2D eigenvalue weighted by Gasteiger charge is 2.25. The van der Waals surface area contributed by atoms with Gasteiger partial charge in [-0.25, -0.2) is 8.42 Å². The molecule has 3 aromatic rings. The van der Waals surface area contributed by atoms with Crippen LogP contribution in [0.25, 0.3) is 11.1 Å². The molecular formula is C24H23ClN2O3S. The summed E-state index contributed by atoms with van der Waals surface area (Å²) in [6, 6.07) is 14.5. The molecule has 5 nitrogen and oxygen atoms in total. The molecule has 2 heterocycles. The summed E-state index contributed by atoms with van der Waals surface area (Å²) < 4.78 is 26.0. The van der Waals surface area contributed by atoms with Gasteiger partial charge in [-0.05, 0) is 35.7 Å². The van der Waals surface area contributed by atoms with Gasteiger partial charge in [0.1, 0.15) is 0 Å². The number of pyridine rings is 1. The molecule has 0 saturated heterocycles. The standard InChI is InChI=1S/C24H23ClN2O3S/c1-4-31(29,30)14-16-9-10-17-20(11-16)21-13-27(3)23(28)12-19(21)15(2)26-24(17)18-7-5-6-8-22(18)25/h5-13,15H,4,14H2,1-3H3/t15-/m0/s1. The van der Waals surface area contributed by atoms with E-state index in [-0.39, 0.29) is 23.1 Å². The van der Waals surface area contributed by atoms with Crippen LogP contribution in [0.5, 0.6) is 0 Å². The Morgan fingerprint density at radius 2 is 1.77 bits per heavy atom. The summed E-state index contributed by atoms with van der Waals surface area (Å²) in [7, 11) is -1.48. The van der Waals surface area contributed by atoms with Crippen LogP contribution in [0.15, 0.2) is 64.5 Å². The van der Waals surface area contributed by atoms with E-state index >= 15 is 0 Å². The number of aromatic nitrogens is 1. The normalized spacial score (nSPS) is 15.6. The first-order valence-corrected chi connectivity index (χ1v) is 12.3. The Morgan fingerprint density at radius 3 is 2.48 bits per heavy atom. The van der Waals surface area contributed by atoms with Gasteiger partial charge in [-0.1, -0.05) is 48.9 Å². The molecule has 0 radical (unpaired) electrons. The average molecular weight is 455 g/mol. The molecule has 0 amide bonds. The molecule has 2 aromatic carbocycles. The molecule has 160 valence electrons. The number of aliphatic imine (C=N–C) groups is 1. The molecule has 1 atom stereocenters. The van der Waals surface area contributed by atoms with E-state index in [1.165, 1.54) is 4.57 Å². The van der Waals surface area contributed by atoms with E-state index in [9.17, 15) is 13.2 Å². The Morgan fingerprint density at radius 1 is 1.03 bits per heavy atom. The summed E-state index contributed by atoms with van der Waals surface area (Å²) in [4.78, 5) is 17.3. The fraction of sp³-hybridized carbons (Fsp3) is 0.250. The van der Waals surface area contributed by atoms with Crippen molar-refractivity contribution in [2.24, 2.45) is 12.0 Å². The van der Waals surface area contributed by atoms with Crippen LogP contribution in [0.3, 0.4) is 0 Å². The Hall–Kier alpha value is -2.70. The lowest BCUT2D eigenvalue weighted by atomic mass is 9.91. The van der Waals surface area contributed by atoms with E-state index in [0.29, 0.717) is 10.6 Å². The van der Waals surface area contributed by atoms with Crippen molar-refractivity contribution in [3.05, 3.63) is 92.4 Å². The molecule has 0 bridgehead atoms. The first kappa shape index (κ1) is 21.5. The maximum atomic E-state index is 12.4. The molecule has 1 aliphatic rings. The van der Waals surface area contributed by atoms with Gasteiger partial charge in [-0.15, -0.1) is 0 Å². The number of hydrogen-bond acceptors (Lipinski definition) is 4. The molecule has 0 aliphatic carbocycles. The first-order chi connectivity index (χ1) is 14.7. The molecule has 0 fully saturated rings. The largest absolute Gasteiger partial charge is 0.318 e. The van der Waals surface area contributed by atoms with Gasteiger partial charge < -0.3 is 4.57 Å². The van der Waals surface area contributed by atoms with Crippen LogP contribution in [0.4, 0.5) is 0 Å². The summed E-state index contributed by atoms with van der Waals surface area (Å²) in [5, 5.41) is 0.582. The summed E-state index contributed by atoms with van der Waals surface area (Å²) in [6.45, 7) is 3.59. The van der Waals surface area contributed by atoms with Crippen molar-refractivity contribution in [3.8, 4) is 11.1 Å².